The average molecular weight is 289 g/mol. The van der Waals surface area contributed by atoms with Gasteiger partial charge in [0.1, 0.15) is 6.04 Å². The van der Waals surface area contributed by atoms with E-state index in [9.17, 15) is 4.79 Å². The Labute approximate surface area is 125 Å². The summed E-state index contributed by atoms with van der Waals surface area (Å²) in [7, 11) is 1.57. The molecule has 1 saturated heterocycles. The van der Waals surface area contributed by atoms with Gasteiger partial charge in [-0.3, -0.25) is 4.79 Å². The van der Waals surface area contributed by atoms with Gasteiger partial charge in [0.2, 0.25) is 5.91 Å². The highest BCUT2D eigenvalue weighted by Gasteiger charge is 2.42. The van der Waals surface area contributed by atoms with E-state index in [4.69, 9.17) is 10.5 Å². The molecule has 1 fully saturated rings. The summed E-state index contributed by atoms with van der Waals surface area (Å²) in [5, 5.41) is 3.50. The summed E-state index contributed by atoms with van der Waals surface area (Å²) in [5.41, 5.74) is 8.68. The molecule has 3 N–H and O–H groups in total. The molecule has 21 heavy (non-hydrogen) atoms. The Balaban J connectivity index is 1.68. The first-order valence-electron chi connectivity index (χ1n) is 7.53. The van der Waals surface area contributed by atoms with Crippen LogP contribution in [0.5, 0.6) is 0 Å². The Kier molecular flexibility index (Phi) is 3.87. The van der Waals surface area contributed by atoms with Crippen LogP contribution in [0.25, 0.3) is 0 Å². The van der Waals surface area contributed by atoms with Gasteiger partial charge >= 0.3 is 0 Å². The first kappa shape index (κ1) is 14.4. The van der Waals surface area contributed by atoms with Crippen molar-refractivity contribution >= 4 is 11.6 Å². The minimum Gasteiger partial charge on any atom is -0.384 e. The molecule has 2 aliphatic heterocycles. The van der Waals surface area contributed by atoms with E-state index in [1.165, 1.54) is 11.3 Å². The number of amides is 1. The van der Waals surface area contributed by atoms with Gasteiger partial charge in [0.15, 0.2) is 0 Å². The number of nitrogens with two attached hydrogens (primary N) is 1. The zero-order valence-corrected chi connectivity index (χ0v) is 12.5. The number of para-hydroxylation sites is 1. The maximum atomic E-state index is 12.2. The zero-order valence-electron chi connectivity index (χ0n) is 12.5. The molecule has 0 radical (unpaired) electrons. The fourth-order valence-electron chi connectivity index (χ4n) is 3.55. The molecule has 5 nitrogen and oxygen atoms in total. The topological polar surface area (TPSA) is 67.6 Å². The fourth-order valence-corrected chi connectivity index (χ4v) is 3.55. The second-order valence-electron chi connectivity index (χ2n) is 6.07. The maximum Gasteiger partial charge on any atom is 0.241 e. The largest absolute Gasteiger partial charge is 0.384 e. The van der Waals surface area contributed by atoms with Crippen LogP contribution < -0.4 is 11.1 Å². The lowest BCUT2D eigenvalue weighted by atomic mass is 9.74. The molecule has 2 aliphatic rings. The Hall–Kier alpha value is -1.59. The normalized spacial score (nSPS) is 21.0. The van der Waals surface area contributed by atoms with Crippen molar-refractivity contribution < 1.29 is 9.53 Å². The Morgan fingerprint density at radius 3 is 2.86 bits per heavy atom. The molecule has 0 bridgehead atoms. The first-order chi connectivity index (χ1) is 10.2. The molecule has 1 aromatic rings. The smallest absolute Gasteiger partial charge is 0.241 e. The minimum atomic E-state index is -0.543. The molecule has 114 valence electrons. The van der Waals surface area contributed by atoms with Crippen molar-refractivity contribution in [2.75, 3.05) is 38.7 Å². The van der Waals surface area contributed by atoms with E-state index in [2.05, 4.69) is 29.6 Å². The highest BCUT2D eigenvalue weighted by Crippen LogP contribution is 2.43. The molecule has 3 rings (SSSR count). The molecular formula is C16H23N3O2. The number of piperidine rings is 1. The highest BCUT2D eigenvalue weighted by atomic mass is 16.5. The molecule has 0 aliphatic carbocycles. The van der Waals surface area contributed by atoms with Crippen molar-refractivity contribution in [2.45, 2.75) is 24.3 Å². The summed E-state index contributed by atoms with van der Waals surface area (Å²) >= 11 is 0. The van der Waals surface area contributed by atoms with E-state index in [1.807, 2.05) is 4.90 Å². The van der Waals surface area contributed by atoms with E-state index >= 15 is 0 Å². The first-order valence-corrected chi connectivity index (χ1v) is 7.53. The average Bonchev–Trinajstić information content (AvgIpc) is 2.87. The van der Waals surface area contributed by atoms with Crippen LogP contribution in [0.1, 0.15) is 18.4 Å². The number of anilines is 1. The molecule has 0 saturated carbocycles. The number of carbonyl (C=O) groups is 1. The quantitative estimate of drug-likeness (QED) is 0.869. The van der Waals surface area contributed by atoms with Crippen molar-refractivity contribution in [3.05, 3.63) is 29.8 Å². The van der Waals surface area contributed by atoms with Gasteiger partial charge in [0, 0.05) is 37.8 Å². The summed E-state index contributed by atoms with van der Waals surface area (Å²) in [5.74, 6) is 0.00550. The summed E-state index contributed by atoms with van der Waals surface area (Å²) in [4.78, 5) is 14.1. The van der Waals surface area contributed by atoms with Crippen LogP contribution in [0, 0.1) is 0 Å². The van der Waals surface area contributed by atoms with Crippen molar-refractivity contribution in [1.29, 1.82) is 0 Å². The van der Waals surface area contributed by atoms with Crippen LogP contribution in [0.2, 0.25) is 0 Å². The molecule has 1 spiro atoms. The maximum absolute atomic E-state index is 12.2. The summed E-state index contributed by atoms with van der Waals surface area (Å²) in [6.45, 7) is 2.79. The number of methoxy groups -OCH3 is 1. The molecule has 1 amide bonds. The number of fused-ring (bicyclic) bond motifs is 2. The van der Waals surface area contributed by atoms with E-state index in [1.54, 1.807) is 7.11 Å². The van der Waals surface area contributed by atoms with Crippen LogP contribution in [-0.2, 0) is 14.9 Å². The third-order valence-electron chi connectivity index (χ3n) is 4.81. The van der Waals surface area contributed by atoms with Gasteiger partial charge in [-0.2, -0.15) is 0 Å². The second-order valence-corrected chi connectivity index (χ2v) is 6.07. The van der Waals surface area contributed by atoms with E-state index in [0.717, 1.165) is 32.5 Å². The lowest BCUT2D eigenvalue weighted by Gasteiger charge is -2.40. The standard InChI is InChI=1S/C16H23N3O2/c1-21-10-13(17)15(20)19-8-6-16(7-9-19)11-18-14-5-3-2-4-12(14)16/h2-5,13,18H,6-11,17H2,1H3. The number of carbonyl (C=O) groups excluding carboxylic acids is 1. The van der Waals surface area contributed by atoms with Crippen LogP contribution in [-0.4, -0.2) is 50.2 Å². The van der Waals surface area contributed by atoms with Crippen molar-refractivity contribution in [3.8, 4) is 0 Å². The number of hydrogen-bond donors (Lipinski definition) is 2. The summed E-state index contributed by atoms with van der Waals surface area (Å²) in [6.07, 6.45) is 1.98. The molecule has 2 heterocycles. The number of nitrogens with zero attached hydrogens (tertiary/aromatic N) is 1. The van der Waals surface area contributed by atoms with Gasteiger partial charge < -0.3 is 20.7 Å². The predicted molar refractivity (Wildman–Crippen MR) is 82.3 cm³/mol. The molecule has 1 aromatic carbocycles. The van der Waals surface area contributed by atoms with Crippen LogP contribution in [0.4, 0.5) is 5.69 Å². The van der Waals surface area contributed by atoms with Gasteiger partial charge in [-0.1, -0.05) is 18.2 Å². The van der Waals surface area contributed by atoms with Gasteiger partial charge in [-0.25, -0.2) is 0 Å². The number of ether oxygens (including phenoxy) is 1. The van der Waals surface area contributed by atoms with Crippen molar-refractivity contribution in [1.82, 2.24) is 4.90 Å². The monoisotopic (exact) mass is 289 g/mol. The van der Waals surface area contributed by atoms with Crippen LogP contribution in [0.15, 0.2) is 24.3 Å². The number of likely N-dealkylation sites (tertiary alicyclic amines) is 1. The molecule has 5 heteroatoms. The predicted octanol–water partition coefficient (Wildman–Crippen LogP) is 0.946. The third-order valence-corrected chi connectivity index (χ3v) is 4.81. The molecule has 1 unspecified atom stereocenters. The molecule has 0 aromatic heterocycles. The van der Waals surface area contributed by atoms with E-state index < -0.39 is 6.04 Å². The summed E-state index contributed by atoms with van der Waals surface area (Å²) in [6, 6.07) is 7.96. The van der Waals surface area contributed by atoms with Gasteiger partial charge in [0.25, 0.3) is 0 Å². The van der Waals surface area contributed by atoms with Gasteiger partial charge in [-0.15, -0.1) is 0 Å². The molecule has 1 atom stereocenters. The third kappa shape index (κ3) is 2.51. The Bertz CT molecular complexity index is 524. The van der Waals surface area contributed by atoms with Crippen LogP contribution in [0.3, 0.4) is 0 Å². The van der Waals surface area contributed by atoms with E-state index in [-0.39, 0.29) is 17.9 Å². The number of nitrogens with one attached hydrogen (secondary N) is 1. The van der Waals surface area contributed by atoms with Crippen molar-refractivity contribution in [3.63, 3.8) is 0 Å². The zero-order chi connectivity index (χ0) is 14.9. The Morgan fingerprint density at radius 2 is 2.14 bits per heavy atom. The number of hydrogen-bond acceptors (Lipinski definition) is 4. The van der Waals surface area contributed by atoms with Crippen LogP contribution >= 0.6 is 0 Å². The number of benzene rings is 1. The van der Waals surface area contributed by atoms with Crippen molar-refractivity contribution in [2.24, 2.45) is 5.73 Å². The lowest BCUT2D eigenvalue weighted by Crippen LogP contribution is -2.52. The van der Waals surface area contributed by atoms with Gasteiger partial charge in [-0.05, 0) is 24.5 Å². The Morgan fingerprint density at radius 1 is 1.43 bits per heavy atom. The number of rotatable bonds is 3. The lowest BCUT2D eigenvalue weighted by molar-refractivity contribution is -0.135. The minimum absolute atomic E-state index is 0.00550. The highest BCUT2D eigenvalue weighted by molar-refractivity contribution is 5.82. The summed E-state index contributed by atoms with van der Waals surface area (Å²) < 4.78 is 4.97. The molecular weight excluding hydrogens is 266 g/mol. The SMILES string of the molecule is COCC(N)C(=O)N1CCC2(CC1)CNc1ccccc12. The van der Waals surface area contributed by atoms with E-state index in [0.29, 0.717) is 0 Å². The second kappa shape index (κ2) is 5.66. The fraction of sp³-hybridized carbons (Fsp3) is 0.562. The van der Waals surface area contributed by atoms with Gasteiger partial charge in [0.05, 0.1) is 6.61 Å².